The molecular formula is C11H13BrN6O3. The summed E-state index contributed by atoms with van der Waals surface area (Å²) in [7, 11) is 3.29. The second-order valence-corrected chi connectivity index (χ2v) is 5.26. The van der Waals surface area contributed by atoms with E-state index in [2.05, 4.69) is 31.4 Å². The van der Waals surface area contributed by atoms with Crippen LogP contribution in [0.4, 0.5) is 5.69 Å². The number of hydrogen-bond acceptors (Lipinski definition) is 5. The second kappa shape index (κ2) is 5.64. The van der Waals surface area contributed by atoms with Crippen LogP contribution in [0, 0.1) is 17.0 Å². The number of carbonyl (C=O) groups excluding carboxylic acids is 1. The van der Waals surface area contributed by atoms with E-state index in [9.17, 15) is 14.9 Å². The third-order valence-corrected chi connectivity index (χ3v) is 3.79. The zero-order chi connectivity index (χ0) is 15.7. The molecule has 0 aliphatic rings. The number of aryl methyl sites for hydroxylation is 2. The fraction of sp³-hybridized carbons (Fsp3) is 0.364. The molecule has 0 bridgehead atoms. The molecule has 0 aliphatic heterocycles. The van der Waals surface area contributed by atoms with E-state index in [1.54, 1.807) is 31.9 Å². The van der Waals surface area contributed by atoms with Crippen LogP contribution in [0.3, 0.4) is 0 Å². The molecule has 2 heterocycles. The van der Waals surface area contributed by atoms with Gasteiger partial charge in [0.25, 0.3) is 5.91 Å². The minimum absolute atomic E-state index is 0.183. The predicted octanol–water partition coefficient (Wildman–Crippen LogP) is 1.06. The van der Waals surface area contributed by atoms with E-state index in [-0.39, 0.29) is 17.9 Å². The van der Waals surface area contributed by atoms with E-state index in [1.165, 1.54) is 4.68 Å². The van der Waals surface area contributed by atoms with Crippen molar-refractivity contribution in [2.75, 3.05) is 0 Å². The molecule has 112 valence electrons. The van der Waals surface area contributed by atoms with Crippen LogP contribution in [-0.4, -0.2) is 30.4 Å². The highest BCUT2D eigenvalue weighted by Gasteiger charge is 2.28. The largest absolute Gasteiger partial charge is 0.345 e. The van der Waals surface area contributed by atoms with E-state index >= 15 is 0 Å². The van der Waals surface area contributed by atoms with Gasteiger partial charge in [0.2, 0.25) is 5.69 Å². The van der Waals surface area contributed by atoms with Crippen molar-refractivity contribution < 1.29 is 9.72 Å². The van der Waals surface area contributed by atoms with Gasteiger partial charge in [-0.3, -0.25) is 24.3 Å². The molecule has 9 nitrogen and oxygen atoms in total. The zero-order valence-electron chi connectivity index (χ0n) is 11.6. The summed E-state index contributed by atoms with van der Waals surface area (Å²) in [6.07, 6.45) is 1.61. The maximum Gasteiger partial charge on any atom is 0.322 e. The van der Waals surface area contributed by atoms with Crippen LogP contribution >= 0.6 is 15.9 Å². The lowest BCUT2D eigenvalue weighted by atomic mass is 10.3. The lowest BCUT2D eigenvalue weighted by Gasteiger charge is -2.04. The minimum Gasteiger partial charge on any atom is -0.345 e. The summed E-state index contributed by atoms with van der Waals surface area (Å²) in [6.45, 7) is 1.72. The van der Waals surface area contributed by atoms with Gasteiger partial charge in [0.05, 0.1) is 27.8 Å². The Kier molecular flexibility index (Phi) is 4.07. The van der Waals surface area contributed by atoms with Crippen LogP contribution in [0.25, 0.3) is 0 Å². The number of amides is 1. The standard InChI is InChI=1S/C11H13BrN6O3/c1-6-10(18(20)21)9(15-16(6)2)11(19)13-5-8-7(12)4-14-17(8)3/h4H,5H2,1-3H3,(H,13,19). The molecule has 2 aromatic rings. The first kappa shape index (κ1) is 15.2. The van der Waals surface area contributed by atoms with Gasteiger partial charge in [-0.1, -0.05) is 0 Å². The maximum atomic E-state index is 12.1. The topological polar surface area (TPSA) is 108 Å². The van der Waals surface area contributed by atoms with E-state index in [0.717, 1.165) is 10.2 Å². The monoisotopic (exact) mass is 356 g/mol. The van der Waals surface area contributed by atoms with E-state index in [1.807, 2.05) is 0 Å². The molecule has 0 aromatic carbocycles. The van der Waals surface area contributed by atoms with Gasteiger partial charge in [0.1, 0.15) is 5.69 Å². The van der Waals surface area contributed by atoms with Gasteiger partial charge in [-0.15, -0.1) is 0 Å². The maximum absolute atomic E-state index is 12.1. The van der Waals surface area contributed by atoms with Gasteiger partial charge in [-0.2, -0.15) is 10.2 Å². The van der Waals surface area contributed by atoms with Crippen LogP contribution in [0.15, 0.2) is 10.7 Å². The highest BCUT2D eigenvalue weighted by atomic mass is 79.9. The fourth-order valence-electron chi connectivity index (χ4n) is 1.85. The van der Waals surface area contributed by atoms with Gasteiger partial charge in [-0.25, -0.2) is 0 Å². The molecule has 0 fully saturated rings. The molecule has 0 radical (unpaired) electrons. The van der Waals surface area contributed by atoms with E-state index in [4.69, 9.17) is 0 Å². The molecule has 10 heteroatoms. The number of carbonyl (C=O) groups is 1. The van der Waals surface area contributed by atoms with Crippen LogP contribution in [-0.2, 0) is 20.6 Å². The molecule has 0 saturated carbocycles. The summed E-state index contributed by atoms with van der Waals surface area (Å²) in [5.74, 6) is -0.599. The van der Waals surface area contributed by atoms with Crippen LogP contribution in [0.2, 0.25) is 0 Å². The summed E-state index contributed by atoms with van der Waals surface area (Å²) in [6, 6.07) is 0. The number of rotatable bonds is 4. The summed E-state index contributed by atoms with van der Waals surface area (Å²) in [5, 5.41) is 21.6. The van der Waals surface area contributed by atoms with Gasteiger partial charge in [0.15, 0.2) is 0 Å². The number of aromatic nitrogens is 4. The normalized spacial score (nSPS) is 10.7. The van der Waals surface area contributed by atoms with Crippen LogP contribution < -0.4 is 5.32 Å². The first-order chi connectivity index (χ1) is 9.82. The quantitative estimate of drug-likeness (QED) is 0.650. The van der Waals surface area contributed by atoms with E-state index in [0.29, 0.717) is 5.69 Å². The first-order valence-corrected chi connectivity index (χ1v) is 6.74. The Hall–Kier alpha value is -2.23. The summed E-state index contributed by atoms with van der Waals surface area (Å²) < 4.78 is 3.66. The molecule has 0 saturated heterocycles. The molecule has 0 unspecified atom stereocenters. The minimum atomic E-state index is -0.600. The number of nitro groups is 1. The van der Waals surface area contributed by atoms with Gasteiger partial charge >= 0.3 is 5.69 Å². The lowest BCUT2D eigenvalue weighted by Crippen LogP contribution is -2.25. The molecule has 0 aliphatic carbocycles. The summed E-state index contributed by atoms with van der Waals surface area (Å²) >= 11 is 3.31. The molecule has 2 aromatic heterocycles. The molecule has 21 heavy (non-hydrogen) atoms. The van der Waals surface area contributed by atoms with Crippen molar-refractivity contribution in [1.29, 1.82) is 0 Å². The average Bonchev–Trinajstić information content (AvgIpc) is 2.89. The van der Waals surface area contributed by atoms with Crippen molar-refractivity contribution in [1.82, 2.24) is 24.9 Å². The first-order valence-electron chi connectivity index (χ1n) is 5.95. The van der Waals surface area contributed by atoms with Crippen LogP contribution in [0.5, 0.6) is 0 Å². The van der Waals surface area contributed by atoms with Gasteiger partial charge in [0, 0.05) is 14.1 Å². The Labute approximate surface area is 128 Å². The van der Waals surface area contributed by atoms with Crippen molar-refractivity contribution in [3.63, 3.8) is 0 Å². The number of nitrogens with one attached hydrogen (secondary N) is 1. The average molecular weight is 357 g/mol. The van der Waals surface area contributed by atoms with Crippen molar-refractivity contribution in [3.8, 4) is 0 Å². The Morgan fingerprint density at radius 1 is 1.48 bits per heavy atom. The van der Waals surface area contributed by atoms with Crippen molar-refractivity contribution in [2.45, 2.75) is 13.5 Å². The lowest BCUT2D eigenvalue weighted by molar-refractivity contribution is -0.385. The molecule has 0 atom stereocenters. The van der Waals surface area contributed by atoms with Crippen molar-refractivity contribution in [3.05, 3.63) is 37.9 Å². The summed E-state index contributed by atoms with van der Waals surface area (Å²) in [4.78, 5) is 22.6. The Morgan fingerprint density at radius 3 is 2.67 bits per heavy atom. The molecule has 1 amide bonds. The van der Waals surface area contributed by atoms with Gasteiger partial charge in [-0.05, 0) is 22.9 Å². The zero-order valence-corrected chi connectivity index (χ0v) is 13.2. The molecular weight excluding hydrogens is 344 g/mol. The predicted molar refractivity (Wildman–Crippen MR) is 76.7 cm³/mol. The Morgan fingerprint density at radius 2 is 2.14 bits per heavy atom. The smallest absolute Gasteiger partial charge is 0.322 e. The van der Waals surface area contributed by atoms with Gasteiger partial charge < -0.3 is 5.32 Å². The molecule has 1 N–H and O–H groups in total. The third kappa shape index (κ3) is 2.79. The summed E-state index contributed by atoms with van der Waals surface area (Å²) in [5.41, 5.74) is 0.600. The highest BCUT2D eigenvalue weighted by molar-refractivity contribution is 9.10. The highest BCUT2D eigenvalue weighted by Crippen LogP contribution is 2.22. The molecule has 2 rings (SSSR count). The number of hydrogen-bond donors (Lipinski definition) is 1. The third-order valence-electron chi connectivity index (χ3n) is 3.13. The van der Waals surface area contributed by atoms with Crippen molar-refractivity contribution in [2.24, 2.45) is 14.1 Å². The Balaban J connectivity index is 2.22. The number of nitrogens with zero attached hydrogens (tertiary/aromatic N) is 5. The Bertz CT molecular complexity index is 700. The molecule has 0 spiro atoms. The second-order valence-electron chi connectivity index (χ2n) is 4.41. The van der Waals surface area contributed by atoms with Crippen molar-refractivity contribution >= 4 is 27.5 Å². The SMILES string of the molecule is Cc1c([N+](=O)[O-])c(C(=O)NCc2c(Br)cnn2C)nn1C. The fourth-order valence-corrected chi connectivity index (χ4v) is 2.34. The van der Waals surface area contributed by atoms with E-state index < -0.39 is 10.8 Å². The number of halogens is 1. The van der Waals surface area contributed by atoms with Crippen LogP contribution in [0.1, 0.15) is 21.9 Å².